The number of benzene rings is 2. The maximum atomic E-state index is 13.7. The normalized spacial score (nSPS) is 24.1. The van der Waals surface area contributed by atoms with Gasteiger partial charge in [-0.15, -0.1) is 0 Å². The van der Waals surface area contributed by atoms with Crippen LogP contribution in [0.1, 0.15) is 30.4 Å². The number of carbonyl (C=O) groups is 3. The number of nitro groups is 2. The Hall–Kier alpha value is -3.90. The van der Waals surface area contributed by atoms with E-state index in [9.17, 15) is 39.7 Å². The number of non-ortho nitro benzene ring substituents is 1. The third kappa shape index (κ3) is 4.42. The Balaban J connectivity index is 1.76. The number of amides is 1. The van der Waals surface area contributed by atoms with E-state index >= 15 is 0 Å². The molecule has 2 aromatic carbocycles. The van der Waals surface area contributed by atoms with Gasteiger partial charge in [-0.3, -0.25) is 29.8 Å². The first-order valence-electron chi connectivity index (χ1n) is 11.3. The van der Waals surface area contributed by atoms with Crippen LogP contribution in [0.2, 0.25) is 5.02 Å². The van der Waals surface area contributed by atoms with Crippen LogP contribution >= 0.6 is 11.6 Å². The minimum atomic E-state index is -2.34. The Labute approximate surface area is 215 Å². The molecule has 2 aliphatic heterocycles. The van der Waals surface area contributed by atoms with Crippen molar-refractivity contribution in [2.75, 3.05) is 6.54 Å². The van der Waals surface area contributed by atoms with E-state index in [1.54, 1.807) is 0 Å². The van der Waals surface area contributed by atoms with Crippen LogP contribution in [0.15, 0.2) is 48.5 Å². The van der Waals surface area contributed by atoms with Gasteiger partial charge in [0.05, 0.1) is 28.9 Å². The van der Waals surface area contributed by atoms with Crippen LogP contribution in [-0.2, 0) is 25.7 Å². The Kier molecular flexibility index (Phi) is 6.98. The molecule has 0 bridgehead atoms. The van der Waals surface area contributed by atoms with Crippen LogP contribution in [0.5, 0.6) is 0 Å². The number of hydrogen-bond donors (Lipinski definition) is 1. The molecule has 5 atom stereocenters. The number of rotatable bonds is 9. The van der Waals surface area contributed by atoms with E-state index in [0.717, 1.165) is 4.90 Å². The van der Waals surface area contributed by atoms with Gasteiger partial charge in [0.15, 0.2) is 5.78 Å². The summed E-state index contributed by atoms with van der Waals surface area (Å²) in [5, 5.41) is 33.0. The lowest BCUT2D eigenvalue weighted by atomic mass is 9.74. The Morgan fingerprint density at radius 2 is 1.78 bits per heavy atom. The second-order valence-electron chi connectivity index (χ2n) is 9.05. The Morgan fingerprint density at radius 3 is 2.32 bits per heavy atom. The van der Waals surface area contributed by atoms with Crippen LogP contribution in [0.25, 0.3) is 0 Å². The van der Waals surface area contributed by atoms with Crippen molar-refractivity contribution in [3.63, 3.8) is 0 Å². The predicted molar refractivity (Wildman–Crippen MR) is 127 cm³/mol. The van der Waals surface area contributed by atoms with Crippen LogP contribution in [0, 0.1) is 26.1 Å². The molecule has 2 aliphatic rings. The molecule has 0 saturated carbocycles. The number of hydrogen-bond acceptors (Lipinski definition) is 9. The van der Waals surface area contributed by atoms with Crippen LogP contribution < -0.4 is 0 Å². The topological polar surface area (TPSA) is 170 Å². The molecule has 0 spiro atoms. The number of halogens is 1. The summed E-state index contributed by atoms with van der Waals surface area (Å²) in [5.41, 5.74) is -1.92. The monoisotopic (exact) mass is 531 g/mol. The van der Waals surface area contributed by atoms with Crippen molar-refractivity contribution in [1.82, 2.24) is 4.90 Å². The summed E-state index contributed by atoms with van der Waals surface area (Å²) >= 11 is 5.97. The molecule has 0 aromatic heterocycles. The molecule has 0 aliphatic carbocycles. The maximum Gasteiger partial charge on any atom is 0.341 e. The van der Waals surface area contributed by atoms with Gasteiger partial charge in [0.25, 0.3) is 5.69 Å². The molecule has 2 fully saturated rings. The van der Waals surface area contributed by atoms with Gasteiger partial charge in [-0.05, 0) is 42.3 Å². The number of nitro benzene ring substituents is 1. The van der Waals surface area contributed by atoms with Crippen molar-refractivity contribution < 1.29 is 34.1 Å². The smallest absolute Gasteiger partial charge is 0.341 e. The van der Waals surface area contributed by atoms with Gasteiger partial charge in [0.2, 0.25) is 18.0 Å². The highest BCUT2D eigenvalue weighted by atomic mass is 35.5. The fourth-order valence-electron chi connectivity index (χ4n) is 5.24. The first-order chi connectivity index (χ1) is 17.5. The molecule has 2 saturated heterocycles. The van der Waals surface area contributed by atoms with Crippen LogP contribution in [-0.4, -0.2) is 61.7 Å². The number of Topliss-reactive ketones (excluding diaryl/α,β-unsaturated/α-hetero) is 1. The molecule has 37 heavy (non-hydrogen) atoms. The lowest BCUT2D eigenvalue weighted by molar-refractivity contribution is -0.485. The summed E-state index contributed by atoms with van der Waals surface area (Å²) < 4.78 is 5.46. The highest BCUT2D eigenvalue weighted by Gasteiger charge is 2.73. The quantitative estimate of drug-likeness (QED) is 0.167. The molecule has 2 aromatic rings. The summed E-state index contributed by atoms with van der Waals surface area (Å²) in [6.45, 7) is 0.130. The lowest BCUT2D eigenvalue weighted by Gasteiger charge is -2.51. The summed E-state index contributed by atoms with van der Waals surface area (Å²) in [6.07, 6.45) is -1.38. The number of carbonyl (C=O) groups excluding carboxylic acids is 3. The van der Waals surface area contributed by atoms with E-state index in [2.05, 4.69) is 0 Å². The van der Waals surface area contributed by atoms with E-state index in [0.29, 0.717) is 10.6 Å². The minimum Gasteiger partial charge on any atom is -0.459 e. The second kappa shape index (κ2) is 9.87. The van der Waals surface area contributed by atoms with Gasteiger partial charge < -0.3 is 14.7 Å². The second-order valence-corrected chi connectivity index (χ2v) is 9.49. The first kappa shape index (κ1) is 26.2. The maximum absolute atomic E-state index is 13.7. The van der Waals surface area contributed by atoms with Crippen molar-refractivity contribution in [1.29, 1.82) is 0 Å². The molecular weight excluding hydrogens is 510 g/mol. The standard InChI is InChI=1S/C24H22ClN3O9/c1-13(29)21-19-10-20(30)24(27(19)22(21)31,18(11-26(33)34)15-4-6-16(25)7-5-15)23(32)37-12-14-2-8-17(9-3-14)28(35)36/h2-9,13,18-19,21,29H,10-12H2,1H3/t13-,18+,19-,21-,24+/m1/s1. The number of β-lactam (4-membered cyclic amide) rings is 1. The van der Waals surface area contributed by atoms with Crippen molar-refractivity contribution in [2.24, 2.45) is 5.92 Å². The fourth-order valence-corrected chi connectivity index (χ4v) is 5.37. The van der Waals surface area contributed by atoms with Gasteiger partial charge >= 0.3 is 5.97 Å². The lowest BCUT2D eigenvalue weighted by Crippen LogP contribution is -2.72. The number of aliphatic hydroxyl groups excluding tert-OH is 1. The molecule has 194 valence electrons. The zero-order valence-electron chi connectivity index (χ0n) is 19.5. The van der Waals surface area contributed by atoms with Gasteiger partial charge in [0.1, 0.15) is 6.61 Å². The molecular formula is C24H22ClN3O9. The first-order valence-corrected chi connectivity index (χ1v) is 11.7. The largest absolute Gasteiger partial charge is 0.459 e. The third-order valence-electron chi connectivity index (χ3n) is 6.92. The average Bonchev–Trinajstić information content (AvgIpc) is 3.10. The zero-order valence-corrected chi connectivity index (χ0v) is 20.2. The van der Waals surface area contributed by atoms with E-state index in [-0.39, 0.29) is 17.7 Å². The predicted octanol–water partition coefficient (Wildman–Crippen LogP) is 2.27. The van der Waals surface area contributed by atoms with E-state index in [1.165, 1.54) is 55.5 Å². The number of nitrogens with zero attached hydrogens (tertiary/aromatic N) is 3. The SMILES string of the molecule is C[C@@H](O)[C@H]1C(=O)N2[C@@H]1CC(=O)[C@]2(C(=O)OCc1ccc([N+](=O)[O-])cc1)[C@@H](C[N+](=O)[O-])c1ccc(Cl)cc1. The number of ketones is 1. The highest BCUT2D eigenvalue weighted by Crippen LogP contribution is 2.51. The van der Waals surface area contributed by atoms with Gasteiger partial charge in [-0.2, -0.15) is 0 Å². The molecule has 4 rings (SSSR count). The molecule has 12 nitrogen and oxygen atoms in total. The molecule has 1 amide bonds. The number of esters is 1. The summed E-state index contributed by atoms with van der Waals surface area (Å²) in [6, 6.07) is 10.1. The summed E-state index contributed by atoms with van der Waals surface area (Å²) in [5.74, 6) is -4.90. The molecule has 0 radical (unpaired) electrons. The molecule has 1 N–H and O–H groups in total. The van der Waals surface area contributed by atoms with Gasteiger partial charge in [-0.1, -0.05) is 23.7 Å². The van der Waals surface area contributed by atoms with Crippen LogP contribution in [0.3, 0.4) is 0 Å². The Morgan fingerprint density at radius 1 is 1.16 bits per heavy atom. The van der Waals surface area contributed by atoms with Gasteiger partial charge in [-0.25, -0.2) is 4.79 Å². The van der Waals surface area contributed by atoms with Crippen molar-refractivity contribution >= 4 is 34.9 Å². The van der Waals surface area contributed by atoms with Gasteiger partial charge in [0, 0.05) is 28.5 Å². The van der Waals surface area contributed by atoms with Crippen molar-refractivity contribution in [3.8, 4) is 0 Å². The third-order valence-corrected chi connectivity index (χ3v) is 7.18. The number of ether oxygens (including phenoxy) is 1. The highest BCUT2D eigenvalue weighted by molar-refractivity contribution is 6.30. The Bertz CT molecular complexity index is 1270. The summed E-state index contributed by atoms with van der Waals surface area (Å²) in [7, 11) is 0. The van der Waals surface area contributed by atoms with E-state index < -0.39 is 70.2 Å². The minimum absolute atomic E-state index is 0.176. The molecule has 13 heteroatoms. The zero-order chi connectivity index (χ0) is 27.1. The van der Waals surface area contributed by atoms with E-state index in [1.807, 2.05) is 0 Å². The van der Waals surface area contributed by atoms with E-state index in [4.69, 9.17) is 16.3 Å². The number of aliphatic hydroxyl groups is 1. The van der Waals surface area contributed by atoms with Crippen LogP contribution in [0.4, 0.5) is 5.69 Å². The average molecular weight is 532 g/mol. The molecule has 2 heterocycles. The van der Waals surface area contributed by atoms with Crippen molar-refractivity contribution in [2.45, 2.75) is 43.6 Å². The molecule has 0 unspecified atom stereocenters. The fraction of sp³-hybridized carbons (Fsp3) is 0.375. The number of fused-ring (bicyclic) bond motifs is 1. The summed E-state index contributed by atoms with van der Waals surface area (Å²) in [4.78, 5) is 62.9. The van der Waals surface area contributed by atoms with Crippen molar-refractivity contribution in [3.05, 3.63) is 84.9 Å².